The molecule has 3 rings (SSSR count). The molecule has 1 aromatic rings. The SMILES string of the molecule is CN(Cc1ccc(O)c(F)c1)C1CC2CCC(C1)N2. The Morgan fingerprint density at radius 2 is 2.00 bits per heavy atom. The zero-order valence-electron chi connectivity index (χ0n) is 11.3. The number of piperidine rings is 1. The van der Waals surface area contributed by atoms with Crippen LogP contribution >= 0.6 is 0 Å². The molecule has 0 saturated carbocycles. The van der Waals surface area contributed by atoms with Gasteiger partial charge in [-0.1, -0.05) is 6.07 Å². The van der Waals surface area contributed by atoms with E-state index in [-0.39, 0.29) is 5.75 Å². The zero-order valence-corrected chi connectivity index (χ0v) is 11.3. The van der Waals surface area contributed by atoms with Crippen LogP contribution in [0.4, 0.5) is 4.39 Å². The third-order valence-electron chi connectivity index (χ3n) is 4.52. The van der Waals surface area contributed by atoms with Crippen molar-refractivity contribution in [2.75, 3.05) is 7.05 Å². The lowest BCUT2D eigenvalue weighted by atomic mass is 9.98. The molecule has 0 aromatic heterocycles. The average molecular weight is 264 g/mol. The highest BCUT2D eigenvalue weighted by molar-refractivity contribution is 5.28. The molecule has 0 amide bonds. The van der Waals surface area contributed by atoms with Gasteiger partial charge in [-0.2, -0.15) is 0 Å². The van der Waals surface area contributed by atoms with E-state index in [1.165, 1.54) is 37.8 Å². The first-order valence-electron chi connectivity index (χ1n) is 7.05. The summed E-state index contributed by atoms with van der Waals surface area (Å²) in [5, 5.41) is 12.8. The standard InChI is InChI=1S/C15H21FN2O/c1-18(9-10-2-5-15(19)14(16)6-10)13-7-11-3-4-12(8-13)17-11/h2,5-6,11-13,17,19H,3-4,7-9H2,1H3. The van der Waals surface area contributed by atoms with Gasteiger partial charge < -0.3 is 10.4 Å². The minimum absolute atomic E-state index is 0.272. The summed E-state index contributed by atoms with van der Waals surface area (Å²) in [6, 6.07) is 6.58. The van der Waals surface area contributed by atoms with E-state index in [1.807, 2.05) is 0 Å². The van der Waals surface area contributed by atoms with Crippen LogP contribution in [0.5, 0.6) is 5.75 Å². The highest BCUT2D eigenvalue weighted by Crippen LogP contribution is 2.30. The van der Waals surface area contributed by atoms with Gasteiger partial charge in [-0.15, -0.1) is 0 Å². The second-order valence-corrected chi connectivity index (χ2v) is 5.96. The Bertz CT molecular complexity index is 453. The number of phenols is 1. The summed E-state index contributed by atoms with van der Waals surface area (Å²) in [4.78, 5) is 2.32. The fraction of sp³-hybridized carbons (Fsp3) is 0.600. The maximum Gasteiger partial charge on any atom is 0.165 e. The third-order valence-corrected chi connectivity index (χ3v) is 4.52. The summed E-state index contributed by atoms with van der Waals surface area (Å²) in [6.07, 6.45) is 4.97. The van der Waals surface area contributed by atoms with Gasteiger partial charge in [0.15, 0.2) is 11.6 Å². The monoisotopic (exact) mass is 264 g/mol. The predicted molar refractivity (Wildman–Crippen MR) is 72.5 cm³/mol. The van der Waals surface area contributed by atoms with E-state index in [0.29, 0.717) is 18.1 Å². The Labute approximate surface area is 113 Å². The molecular weight excluding hydrogens is 243 g/mol. The Morgan fingerprint density at radius 3 is 2.63 bits per heavy atom. The minimum atomic E-state index is -0.531. The molecular formula is C15H21FN2O. The molecule has 2 aliphatic heterocycles. The van der Waals surface area contributed by atoms with E-state index in [4.69, 9.17) is 0 Å². The van der Waals surface area contributed by atoms with E-state index in [9.17, 15) is 9.50 Å². The molecule has 2 saturated heterocycles. The number of aromatic hydroxyl groups is 1. The van der Waals surface area contributed by atoms with Crippen molar-refractivity contribution in [1.29, 1.82) is 0 Å². The van der Waals surface area contributed by atoms with Crippen molar-refractivity contribution in [2.24, 2.45) is 0 Å². The van der Waals surface area contributed by atoms with Crippen molar-refractivity contribution < 1.29 is 9.50 Å². The molecule has 4 heteroatoms. The van der Waals surface area contributed by atoms with Crippen LogP contribution in [-0.4, -0.2) is 35.2 Å². The molecule has 104 valence electrons. The number of hydrogen-bond acceptors (Lipinski definition) is 3. The van der Waals surface area contributed by atoms with E-state index < -0.39 is 5.82 Å². The van der Waals surface area contributed by atoms with Crippen molar-refractivity contribution in [3.05, 3.63) is 29.6 Å². The average Bonchev–Trinajstić information content (AvgIpc) is 2.72. The number of nitrogens with one attached hydrogen (secondary N) is 1. The van der Waals surface area contributed by atoms with Gasteiger partial charge in [-0.25, -0.2) is 4.39 Å². The highest BCUT2D eigenvalue weighted by atomic mass is 19.1. The Morgan fingerprint density at radius 1 is 1.32 bits per heavy atom. The predicted octanol–water partition coefficient (Wildman–Crippen LogP) is 2.25. The summed E-state index contributed by atoms with van der Waals surface area (Å²) in [6.45, 7) is 0.737. The molecule has 2 aliphatic rings. The van der Waals surface area contributed by atoms with Crippen molar-refractivity contribution in [2.45, 2.75) is 50.4 Å². The molecule has 3 nitrogen and oxygen atoms in total. The minimum Gasteiger partial charge on any atom is -0.505 e. The fourth-order valence-corrected chi connectivity index (χ4v) is 3.45. The Kier molecular flexibility index (Phi) is 3.46. The molecule has 2 fully saturated rings. The quantitative estimate of drug-likeness (QED) is 0.879. The van der Waals surface area contributed by atoms with Gasteiger partial charge in [0.25, 0.3) is 0 Å². The van der Waals surface area contributed by atoms with Crippen molar-refractivity contribution in [1.82, 2.24) is 10.2 Å². The maximum absolute atomic E-state index is 13.3. The molecule has 2 N–H and O–H groups in total. The van der Waals surface area contributed by atoms with E-state index in [1.54, 1.807) is 6.07 Å². The molecule has 0 aliphatic carbocycles. The summed E-state index contributed by atoms with van der Waals surface area (Å²) < 4.78 is 13.3. The maximum atomic E-state index is 13.3. The van der Waals surface area contributed by atoms with Gasteiger partial charge in [0.2, 0.25) is 0 Å². The van der Waals surface area contributed by atoms with Gasteiger partial charge in [0, 0.05) is 24.7 Å². The highest BCUT2D eigenvalue weighted by Gasteiger charge is 2.34. The van der Waals surface area contributed by atoms with Gasteiger partial charge in [0.05, 0.1) is 0 Å². The zero-order chi connectivity index (χ0) is 13.4. The lowest BCUT2D eigenvalue weighted by molar-refractivity contribution is 0.165. The molecule has 2 unspecified atom stereocenters. The van der Waals surface area contributed by atoms with Crippen LogP contribution in [0, 0.1) is 5.82 Å². The lowest BCUT2D eigenvalue weighted by Crippen LogP contribution is -2.46. The first-order valence-corrected chi connectivity index (χ1v) is 7.05. The molecule has 1 aromatic carbocycles. The number of hydrogen-bond donors (Lipinski definition) is 2. The van der Waals surface area contributed by atoms with Crippen molar-refractivity contribution in [3.8, 4) is 5.75 Å². The molecule has 2 bridgehead atoms. The smallest absolute Gasteiger partial charge is 0.165 e. The van der Waals surface area contributed by atoms with Gasteiger partial charge in [-0.05, 0) is 50.4 Å². The van der Waals surface area contributed by atoms with Crippen LogP contribution in [0.15, 0.2) is 18.2 Å². The van der Waals surface area contributed by atoms with E-state index >= 15 is 0 Å². The largest absolute Gasteiger partial charge is 0.505 e. The Balaban J connectivity index is 1.64. The normalized spacial score (nSPS) is 29.9. The molecule has 0 radical (unpaired) electrons. The number of phenolic OH excluding ortho intramolecular Hbond substituents is 1. The molecule has 2 heterocycles. The second kappa shape index (κ2) is 5.10. The summed E-state index contributed by atoms with van der Waals surface area (Å²) in [7, 11) is 2.11. The first kappa shape index (κ1) is 12.9. The van der Waals surface area contributed by atoms with Crippen molar-refractivity contribution in [3.63, 3.8) is 0 Å². The van der Waals surface area contributed by atoms with E-state index in [2.05, 4.69) is 17.3 Å². The fourth-order valence-electron chi connectivity index (χ4n) is 3.45. The van der Waals surface area contributed by atoms with Crippen LogP contribution in [0.1, 0.15) is 31.2 Å². The van der Waals surface area contributed by atoms with Crippen LogP contribution in [0.2, 0.25) is 0 Å². The van der Waals surface area contributed by atoms with Crippen LogP contribution in [0.3, 0.4) is 0 Å². The number of benzene rings is 1. The lowest BCUT2D eigenvalue weighted by Gasteiger charge is -2.35. The van der Waals surface area contributed by atoms with Gasteiger partial charge in [0.1, 0.15) is 0 Å². The number of halogens is 1. The van der Waals surface area contributed by atoms with Gasteiger partial charge in [-0.3, -0.25) is 4.90 Å². The van der Waals surface area contributed by atoms with Crippen LogP contribution in [-0.2, 0) is 6.54 Å². The summed E-state index contributed by atoms with van der Waals surface area (Å²) in [5.41, 5.74) is 0.920. The number of fused-ring (bicyclic) bond motifs is 2. The summed E-state index contributed by atoms with van der Waals surface area (Å²) >= 11 is 0. The molecule has 0 spiro atoms. The number of rotatable bonds is 3. The Hall–Kier alpha value is -1.13. The second-order valence-electron chi connectivity index (χ2n) is 5.96. The molecule has 19 heavy (non-hydrogen) atoms. The third kappa shape index (κ3) is 2.74. The van der Waals surface area contributed by atoms with Crippen molar-refractivity contribution >= 4 is 0 Å². The van der Waals surface area contributed by atoms with Gasteiger partial charge >= 0.3 is 0 Å². The topological polar surface area (TPSA) is 35.5 Å². The molecule has 2 atom stereocenters. The van der Waals surface area contributed by atoms with Crippen LogP contribution in [0.25, 0.3) is 0 Å². The number of nitrogens with zero attached hydrogens (tertiary/aromatic N) is 1. The van der Waals surface area contributed by atoms with Crippen LogP contribution < -0.4 is 5.32 Å². The first-order chi connectivity index (χ1) is 9.11. The summed E-state index contributed by atoms with van der Waals surface area (Å²) in [5.74, 6) is -0.803. The van der Waals surface area contributed by atoms with E-state index in [0.717, 1.165) is 12.1 Å².